The molecule has 3 heterocycles. The van der Waals surface area contributed by atoms with Gasteiger partial charge in [0.2, 0.25) is 11.8 Å². The van der Waals surface area contributed by atoms with Gasteiger partial charge in [0.05, 0.1) is 24.7 Å². The Balaban J connectivity index is 1.84. The number of nitrogens with one attached hydrogen (secondary N) is 2. The van der Waals surface area contributed by atoms with E-state index in [1.807, 2.05) is 6.92 Å². The lowest BCUT2D eigenvalue weighted by atomic mass is 10.2. The van der Waals surface area contributed by atoms with E-state index in [1.54, 1.807) is 19.1 Å². The number of ether oxygens (including phenoxy) is 3. The molecule has 43 heavy (non-hydrogen) atoms. The van der Waals surface area contributed by atoms with E-state index in [9.17, 15) is 19.7 Å². The fourth-order valence-corrected chi connectivity index (χ4v) is 3.51. The zero-order valence-corrected chi connectivity index (χ0v) is 24.1. The number of carbonyl (C=O) groups excluding carboxylic acids is 2. The molecule has 15 nitrogen and oxygen atoms in total. The van der Waals surface area contributed by atoms with Crippen LogP contribution in [0, 0.1) is 17.0 Å². The smallest absolute Gasteiger partial charge is 0.331 e. The molecule has 3 aromatic rings. The van der Waals surface area contributed by atoms with Crippen molar-refractivity contribution in [1.82, 2.24) is 15.0 Å². The van der Waals surface area contributed by atoms with Crippen LogP contribution in [-0.2, 0) is 0 Å². The third-order valence-corrected chi connectivity index (χ3v) is 5.77. The Hall–Kier alpha value is -4.89. The van der Waals surface area contributed by atoms with Gasteiger partial charge in [-0.15, -0.1) is 0 Å². The van der Waals surface area contributed by atoms with Gasteiger partial charge in [-0.2, -0.15) is 0 Å². The molecule has 0 saturated carbocycles. The predicted molar refractivity (Wildman–Crippen MR) is 159 cm³/mol. The average Bonchev–Trinajstić information content (AvgIpc) is 2.99. The summed E-state index contributed by atoms with van der Waals surface area (Å²) in [4.78, 5) is 49.7. The van der Waals surface area contributed by atoms with Gasteiger partial charge in [-0.05, 0) is 69.6 Å². The highest BCUT2D eigenvalue weighted by atomic mass is 16.6. The molecule has 0 spiro atoms. The molecule has 15 heteroatoms. The molecule has 0 radical (unpaired) electrons. The molecule has 3 rings (SSSR count). The van der Waals surface area contributed by atoms with Gasteiger partial charge in [0, 0.05) is 11.8 Å². The summed E-state index contributed by atoms with van der Waals surface area (Å²) in [6.45, 7) is 5.25. The first-order valence-corrected chi connectivity index (χ1v) is 13.8. The number of unbranched alkanes of at least 4 members (excludes halogenated alkanes) is 1. The van der Waals surface area contributed by atoms with Crippen LogP contribution in [0.5, 0.6) is 17.6 Å². The molecule has 2 amide bonds. The van der Waals surface area contributed by atoms with Gasteiger partial charge in [0.1, 0.15) is 22.8 Å². The van der Waals surface area contributed by atoms with E-state index in [0.717, 1.165) is 12.5 Å². The third kappa shape index (κ3) is 9.58. The maximum absolute atomic E-state index is 13.1. The fraction of sp³-hybridized carbons (Fsp3) is 0.393. The number of amides is 2. The monoisotopic (exact) mass is 596 g/mol. The lowest BCUT2D eigenvalue weighted by Crippen LogP contribution is -2.19. The summed E-state index contributed by atoms with van der Waals surface area (Å²) in [5.41, 5.74) is 11.8. The Morgan fingerprint density at radius 3 is 1.81 bits per heavy atom. The number of aromatic nitrogens is 3. The zero-order valence-electron chi connectivity index (χ0n) is 24.1. The van der Waals surface area contributed by atoms with Crippen LogP contribution in [0.15, 0.2) is 36.4 Å². The number of anilines is 2. The summed E-state index contributed by atoms with van der Waals surface area (Å²) in [5.74, 6) is -1.30. The number of aryl methyl sites for hydroxylation is 1. The summed E-state index contributed by atoms with van der Waals surface area (Å²) >= 11 is 0. The zero-order chi connectivity index (χ0) is 31.2. The number of nitrogens with zero attached hydrogens (tertiary/aromatic N) is 4. The van der Waals surface area contributed by atoms with Crippen LogP contribution in [0.3, 0.4) is 0 Å². The molecule has 230 valence electrons. The van der Waals surface area contributed by atoms with E-state index in [2.05, 4.69) is 25.6 Å². The van der Waals surface area contributed by atoms with Gasteiger partial charge in [0.15, 0.2) is 0 Å². The van der Waals surface area contributed by atoms with Crippen LogP contribution in [-0.4, -0.2) is 64.6 Å². The van der Waals surface area contributed by atoms with Gasteiger partial charge in [-0.3, -0.25) is 19.7 Å². The maximum atomic E-state index is 13.1. The largest absolute Gasteiger partial charge is 0.476 e. The highest BCUT2D eigenvalue weighted by molar-refractivity contribution is 6.05. The van der Waals surface area contributed by atoms with Crippen LogP contribution < -0.4 is 36.3 Å². The number of nitrogens with two attached hydrogens (primary N) is 2. The van der Waals surface area contributed by atoms with Crippen molar-refractivity contribution in [3.63, 3.8) is 0 Å². The molecule has 0 unspecified atom stereocenters. The van der Waals surface area contributed by atoms with E-state index in [4.69, 9.17) is 25.7 Å². The van der Waals surface area contributed by atoms with Gasteiger partial charge in [-0.25, -0.2) is 15.0 Å². The van der Waals surface area contributed by atoms with E-state index in [-0.39, 0.29) is 53.6 Å². The maximum Gasteiger partial charge on any atom is 0.331 e. The standard InChI is InChI=1S/C28H36N8O7/c1-3-4-15-43-28-23(36(39)40)12-11-20(35-28)25(38)33-22-10-9-19(34-27(22)42-17-6-14-30)24(37)32-21-8-7-18(2)31-26(21)41-16-5-13-29/h7-12H,3-6,13-17,29-30H2,1-2H3,(H,32,37)(H,33,38). The van der Waals surface area contributed by atoms with Gasteiger partial charge < -0.3 is 36.3 Å². The summed E-state index contributed by atoms with van der Waals surface area (Å²) in [6.07, 6.45) is 2.58. The van der Waals surface area contributed by atoms with Crippen LogP contribution in [0.1, 0.15) is 59.3 Å². The molecule has 0 fully saturated rings. The normalized spacial score (nSPS) is 10.6. The van der Waals surface area contributed by atoms with Crippen LogP contribution in [0.25, 0.3) is 0 Å². The Bertz CT molecular complexity index is 1420. The van der Waals surface area contributed by atoms with Crippen LogP contribution in [0.4, 0.5) is 17.1 Å². The van der Waals surface area contributed by atoms with Crippen LogP contribution in [0.2, 0.25) is 0 Å². The molecule has 3 aromatic heterocycles. The molecule has 0 aliphatic rings. The highest BCUT2D eigenvalue weighted by Gasteiger charge is 2.22. The van der Waals surface area contributed by atoms with E-state index in [1.165, 1.54) is 18.2 Å². The van der Waals surface area contributed by atoms with Crippen molar-refractivity contribution in [2.75, 3.05) is 43.5 Å². The second-order valence-electron chi connectivity index (χ2n) is 9.22. The minimum absolute atomic E-state index is 0.00528. The summed E-state index contributed by atoms with van der Waals surface area (Å²) in [6, 6.07) is 8.62. The highest BCUT2D eigenvalue weighted by Crippen LogP contribution is 2.28. The van der Waals surface area contributed by atoms with Gasteiger partial charge >= 0.3 is 5.69 Å². The van der Waals surface area contributed by atoms with Crippen molar-refractivity contribution in [3.05, 3.63) is 63.6 Å². The molecule has 0 atom stereocenters. The molecule has 0 aliphatic heterocycles. The van der Waals surface area contributed by atoms with Crippen molar-refractivity contribution in [3.8, 4) is 17.6 Å². The SMILES string of the molecule is CCCCOc1nc(C(=O)Nc2ccc(C(=O)Nc3ccc(C)nc3OCCCN)nc2OCCCN)ccc1[N+](=O)[O-]. The van der Waals surface area contributed by atoms with Crippen molar-refractivity contribution >= 4 is 28.9 Å². The van der Waals surface area contributed by atoms with Crippen molar-refractivity contribution in [2.24, 2.45) is 11.5 Å². The second kappa shape index (κ2) is 16.5. The molecule has 0 aromatic carbocycles. The van der Waals surface area contributed by atoms with Crippen molar-refractivity contribution in [2.45, 2.75) is 39.5 Å². The Morgan fingerprint density at radius 2 is 1.26 bits per heavy atom. The summed E-state index contributed by atoms with van der Waals surface area (Å²) in [5, 5.41) is 16.8. The number of hydrogen-bond acceptors (Lipinski definition) is 12. The Labute approximate surface area is 248 Å². The van der Waals surface area contributed by atoms with Crippen molar-refractivity contribution in [1.29, 1.82) is 0 Å². The average molecular weight is 597 g/mol. The van der Waals surface area contributed by atoms with Gasteiger partial charge in [-0.1, -0.05) is 13.3 Å². The topological polar surface area (TPSA) is 220 Å². The minimum atomic E-state index is -0.692. The lowest BCUT2D eigenvalue weighted by molar-refractivity contribution is -0.386. The first-order valence-electron chi connectivity index (χ1n) is 13.8. The Morgan fingerprint density at radius 1 is 0.767 bits per heavy atom. The third-order valence-electron chi connectivity index (χ3n) is 5.77. The fourth-order valence-electron chi connectivity index (χ4n) is 3.51. The molecular weight excluding hydrogens is 560 g/mol. The van der Waals surface area contributed by atoms with E-state index >= 15 is 0 Å². The van der Waals surface area contributed by atoms with Crippen LogP contribution >= 0.6 is 0 Å². The predicted octanol–water partition coefficient (Wildman–Crippen LogP) is 3.23. The molecule has 0 aliphatic carbocycles. The molecular formula is C28H36N8O7. The number of pyridine rings is 3. The quantitative estimate of drug-likeness (QED) is 0.100. The number of carbonyl (C=O) groups is 2. The number of nitro groups is 1. The van der Waals surface area contributed by atoms with E-state index in [0.29, 0.717) is 50.3 Å². The van der Waals surface area contributed by atoms with E-state index < -0.39 is 16.7 Å². The lowest BCUT2D eigenvalue weighted by Gasteiger charge is -2.14. The van der Waals surface area contributed by atoms with Crippen molar-refractivity contribution < 1.29 is 28.7 Å². The first kappa shape index (κ1) is 32.6. The number of rotatable bonds is 17. The molecule has 6 N–H and O–H groups in total. The summed E-state index contributed by atoms with van der Waals surface area (Å²) < 4.78 is 16.9. The Kier molecular flexibility index (Phi) is 12.5. The summed E-state index contributed by atoms with van der Waals surface area (Å²) in [7, 11) is 0. The second-order valence-corrected chi connectivity index (χ2v) is 9.22. The first-order chi connectivity index (χ1) is 20.8. The molecule has 0 bridgehead atoms. The van der Waals surface area contributed by atoms with Gasteiger partial charge in [0.25, 0.3) is 17.7 Å². The number of hydrogen-bond donors (Lipinski definition) is 4. The molecule has 0 saturated heterocycles. The minimum Gasteiger partial charge on any atom is -0.476 e.